The van der Waals surface area contributed by atoms with Gasteiger partial charge in [0.2, 0.25) is 0 Å². The Balaban J connectivity index is 2.04. The quantitative estimate of drug-likeness (QED) is 0.681. The van der Waals surface area contributed by atoms with Gasteiger partial charge in [-0.15, -0.1) is 0 Å². The molecule has 0 aliphatic carbocycles. The van der Waals surface area contributed by atoms with Crippen LogP contribution >= 0.6 is 0 Å². The van der Waals surface area contributed by atoms with Gasteiger partial charge in [0.05, 0.1) is 12.7 Å². The average Bonchev–Trinajstić information content (AvgIpc) is 2.84. The molecular formula is C17H20N2O3. The number of rotatable bonds is 5. The van der Waals surface area contributed by atoms with Gasteiger partial charge in [-0.3, -0.25) is 4.79 Å². The summed E-state index contributed by atoms with van der Waals surface area (Å²) in [7, 11) is 1.64. The number of hydrazone groups is 1. The van der Waals surface area contributed by atoms with E-state index in [4.69, 9.17) is 9.15 Å². The fourth-order valence-corrected chi connectivity index (χ4v) is 2.23. The maximum absolute atomic E-state index is 12.1. The van der Waals surface area contributed by atoms with Gasteiger partial charge < -0.3 is 9.15 Å². The summed E-state index contributed by atoms with van der Waals surface area (Å²) >= 11 is 0. The van der Waals surface area contributed by atoms with E-state index in [2.05, 4.69) is 10.5 Å². The molecule has 1 aromatic heterocycles. The molecule has 1 N–H and O–H groups in total. The van der Waals surface area contributed by atoms with E-state index in [1.807, 2.05) is 31.2 Å². The molecule has 0 radical (unpaired) electrons. The second-order valence-corrected chi connectivity index (χ2v) is 5.10. The number of nitrogens with zero attached hydrogens (tertiary/aromatic N) is 1. The van der Waals surface area contributed by atoms with E-state index in [-0.39, 0.29) is 5.91 Å². The standard InChI is InChI=1S/C17H20N2O3/c1-11(9-14-7-5-6-8-16(14)21-4)18-19-17(20)15-10-12(2)22-13(15)3/h5-8,10H,9H2,1-4H3,(H,19,20)/b18-11-. The summed E-state index contributed by atoms with van der Waals surface area (Å²) in [5, 5.41) is 4.14. The van der Waals surface area contributed by atoms with Crippen molar-refractivity contribution in [1.82, 2.24) is 5.43 Å². The number of carbonyl (C=O) groups excluding carboxylic acids is 1. The SMILES string of the molecule is COc1ccccc1C/C(C)=N\NC(=O)c1cc(C)oc1C. The highest BCUT2D eigenvalue weighted by molar-refractivity contribution is 5.96. The van der Waals surface area contributed by atoms with Crippen molar-refractivity contribution in [3.8, 4) is 5.75 Å². The Morgan fingerprint density at radius 1 is 1.32 bits per heavy atom. The molecule has 5 heteroatoms. The summed E-state index contributed by atoms with van der Waals surface area (Å²) in [6.45, 7) is 5.42. The van der Waals surface area contributed by atoms with E-state index in [1.54, 1.807) is 27.0 Å². The Bertz CT molecular complexity index is 702. The van der Waals surface area contributed by atoms with Crippen molar-refractivity contribution in [3.05, 3.63) is 53.0 Å². The number of hydrogen-bond acceptors (Lipinski definition) is 4. The van der Waals surface area contributed by atoms with Gasteiger partial charge in [0.25, 0.3) is 5.91 Å². The van der Waals surface area contributed by atoms with Crippen molar-refractivity contribution in [2.24, 2.45) is 5.10 Å². The molecule has 2 rings (SSSR count). The molecule has 5 nitrogen and oxygen atoms in total. The summed E-state index contributed by atoms with van der Waals surface area (Å²) in [5.41, 5.74) is 4.88. The zero-order valence-electron chi connectivity index (χ0n) is 13.3. The molecule has 1 heterocycles. The topological polar surface area (TPSA) is 63.8 Å². The number of carbonyl (C=O) groups is 1. The second kappa shape index (κ2) is 6.93. The maximum Gasteiger partial charge on any atom is 0.274 e. The van der Waals surface area contributed by atoms with Crippen molar-refractivity contribution in [3.63, 3.8) is 0 Å². The first-order valence-electron chi connectivity index (χ1n) is 7.03. The van der Waals surface area contributed by atoms with Gasteiger partial charge in [-0.1, -0.05) is 18.2 Å². The summed E-state index contributed by atoms with van der Waals surface area (Å²) < 4.78 is 10.6. The highest BCUT2D eigenvalue weighted by Crippen LogP contribution is 2.18. The van der Waals surface area contributed by atoms with Crippen LogP contribution in [0.5, 0.6) is 5.75 Å². The smallest absolute Gasteiger partial charge is 0.274 e. The van der Waals surface area contributed by atoms with Crippen molar-refractivity contribution in [1.29, 1.82) is 0 Å². The lowest BCUT2D eigenvalue weighted by Crippen LogP contribution is -2.19. The summed E-state index contributed by atoms with van der Waals surface area (Å²) in [5.74, 6) is 1.84. The minimum atomic E-state index is -0.270. The number of hydrogen-bond donors (Lipinski definition) is 1. The molecule has 0 spiro atoms. The number of ether oxygens (including phenoxy) is 1. The molecule has 0 saturated carbocycles. The van der Waals surface area contributed by atoms with Gasteiger partial charge >= 0.3 is 0 Å². The first kappa shape index (κ1) is 15.8. The Morgan fingerprint density at radius 3 is 2.68 bits per heavy atom. The van der Waals surface area contributed by atoms with E-state index in [0.717, 1.165) is 17.0 Å². The molecular weight excluding hydrogens is 280 g/mol. The molecule has 0 saturated heterocycles. The fourth-order valence-electron chi connectivity index (χ4n) is 2.23. The summed E-state index contributed by atoms with van der Waals surface area (Å²) in [6, 6.07) is 9.44. The van der Waals surface area contributed by atoms with Crippen LogP contribution in [0.1, 0.15) is 34.4 Å². The van der Waals surface area contributed by atoms with Crippen LogP contribution in [0.25, 0.3) is 0 Å². The molecule has 0 unspecified atom stereocenters. The van der Waals surface area contributed by atoms with Crippen molar-refractivity contribution < 1.29 is 13.9 Å². The number of methoxy groups -OCH3 is 1. The molecule has 0 fully saturated rings. The number of furan rings is 1. The third-order valence-corrected chi connectivity index (χ3v) is 3.27. The lowest BCUT2D eigenvalue weighted by Gasteiger charge is -2.07. The Hall–Kier alpha value is -2.56. The zero-order valence-corrected chi connectivity index (χ0v) is 13.3. The maximum atomic E-state index is 12.1. The number of nitrogens with one attached hydrogen (secondary N) is 1. The van der Waals surface area contributed by atoms with E-state index in [1.165, 1.54) is 0 Å². The van der Waals surface area contributed by atoms with E-state index in [0.29, 0.717) is 23.5 Å². The normalized spacial score (nSPS) is 11.4. The van der Waals surface area contributed by atoms with Gasteiger partial charge in [-0.2, -0.15) is 5.10 Å². The van der Waals surface area contributed by atoms with E-state index >= 15 is 0 Å². The molecule has 0 aliphatic rings. The summed E-state index contributed by atoms with van der Waals surface area (Å²) in [6.07, 6.45) is 0.605. The molecule has 2 aromatic rings. The van der Waals surface area contributed by atoms with Crippen LogP contribution in [0.2, 0.25) is 0 Å². The predicted molar refractivity (Wildman–Crippen MR) is 85.5 cm³/mol. The average molecular weight is 300 g/mol. The number of aryl methyl sites for hydroxylation is 2. The Labute approximate surface area is 130 Å². The zero-order chi connectivity index (χ0) is 16.1. The third kappa shape index (κ3) is 3.75. The van der Waals surface area contributed by atoms with Crippen LogP contribution < -0.4 is 10.2 Å². The minimum Gasteiger partial charge on any atom is -0.496 e. The van der Waals surface area contributed by atoms with Crippen LogP contribution in [0.15, 0.2) is 39.9 Å². The molecule has 0 bridgehead atoms. The van der Waals surface area contributed by atoms with Crippen LogP contribution in [0, 0.1) is 13.8 Å². The monoisotopic (exact) mass is 300 g/mol. The van der Waals surface area contributed by atoms with Gasteiger partial charge in [-0.05, 0) is 38.5 Å². The molecule has 0 atom stereocenters. The molecule has 1 aromatic carbocycles. The van der Waals surface area contributed by atoms with E-state index in [9.17, 15) is 4.79 Å². The molecule has 22 heavy (non-hydrogen) atoms. The van der Waals surface area contributed by atoms with Crippen molar-refractivity contribution in [2.45, 2.75) is 27.2 Å². The molecule has 116 valence electrons. The highest BCUT2D eigenvalue weighted by Gasteiger charge is 2.13. The van der Waals surface area contributed by atoms with Crippen LogP contribution in [-0.4, -0.2) is 18.7 Å². The largest absolute Gasteiger partial charge is 0.496 e. The fraction of sp³-hybridized carbons (Fsp3) is 0.294. The lowest BCUT2D eigenvalue weighted by molar-refractivity contribution is 0.0953. The van der Waals surface area contributed by atoms with E-state index < -0.39 is 0 Å². The van der Waals surface area contributed by atoms with Crippen LogP contribution in [0.3, 0.4) is 0 Å². The minimum absolute atomic E-state index is 0.270. The number of benzene rings is 1. The Kier molecular flexibility index (Phi) is 4.99. The summed E-state index contributed by atoms with van der Waals surface area (Å²) in [4.78, 5) is 12.1. The number of amides is 1. The Morgan fingerprint density at radius 2 is 2.05 bits per heavy atom. The van der Waals surface area contributed by atoms with Crippen molar-refractivity contribution in [2.75, 3.05) is 7.11 Å². The van der Waals surface area contributed by atoms with Gasteiger partial charge in [-0.25, -0.2) is 5.43 Å². The van der Waals surface area contributed by atoms with Gasteiger partial charge in [0.15, 0.2) is 0 Å². The number of para-hydroxylation sites is 1. The molecule has 1 amide bonds. The molecule has 0 aliphatic heterocycles. The van der Waals surface area contributed by atoms with Crippen LogP contribution in [-0.2, 0) is 6.42 Å². The predicted octanol–water partition coefficient (Wildman–Crippen LogP) is 3.25. The van der Waals surface area contributed by atoms with Gasteiger partial charge in [0.1, 0.15) is 17.3 Å². The lowest BCUT2D eigenvalue weighted by atomic mass is 10.1. The highest BCUT2D eigenvalue weighted by atomic mass is 16.5. The first-order valence-corrected chi connectivity index (χ1v) is 7.03. The third-order valence-electron chi connectivity index (χ3n) is 3.27. The van der Waals surface area contributed by atoms with Gasteiger partial charge in [0, 0.05) is 12.1 Å². The van der Waals surface area contributed by atoms with Crippen molar-refractivity contribution >= 4 is 11.6 Å². The first-order chi connectivity index (χ1) is 10.5. The second-order valence-electron chi connectivity index (χ2n) is 5.10. The van der Waals surface area contributed by atoms with Crippen LogP contribution in [0.4, 0.5) is 0 Å².